The van der Waals surface area contributed by atoms with E-state index in [0.717, 1.165) is 12.1 Å². The molecule has 1 fully saturated rings. The first-order chi connectivity index (χ1) is 13.7. The van der Waals surface area contributed by atoms with Gasteiger partial charge < -0.3 is 10.1 Å². The van der Waals surface area contributed by atoms with E-state index in [-0.39, 0.29) is 47.6 Å². The minimum absolute atomic E-state index is 0.157. The summed E-state index contributed by atoms with van der Waals surface area (Å²) in [7, 11) is -4.00. The van der Waals surface area contributed by atoms with E-state index in [2.05, 4.69) is 5.32 Å². The lowest BCUT2D eigenvalue weighted by atomic mass is 10.1. The van der Waals surface area contributed by atoms with Crippen LogP contribution in [0.4, 0.5) is 15.8 Å². The van der Waals surface area contributed by atoms with Crippen LogP contribution in [-0.2, 0) is 14.8 Å². The van der Waals surface area contributed by atoms with E-state index in [1.54, 1.807) is 6.92 Å². The molecule has 2 aromatic rings. The van der Waals surface area contributed by atoms with Gasteiger partial charge in [0.25, 0.3) is 5.69 Å². The zero-order chi connectivity index (χ0) is 21.2. The number of nitrogens with zero attached hydrogens (tertiary/aromatic N) is 2. The number of nitro benzene ring substituents is 1. The molecule has 0 radical (unpaired) electrons. The predicted octanol–water partition coefficient (Wildman–Crippen LogP) is 3.58. The third-order valence-electron chi connectivity index (χ3n) is 4.56. The normalized spacial score (nSPS) is 16.4. The Kier molecular flexibility index (Phi) is 6.37. The summed E-state index contributed by atoms with van der Waals surface area (Å²) in [5.41, 5.74) is 0.408. The molecule has 0 spiro atoms. The monoisotopic (exact) mass is 443 g/mol. The fraction of sp³-hybridized carbons (Fsp3) is 0.333. The first-order valence-electron chi connectivity index (χ1n) is 8.78. The van der Waals surface area contributed by atoms with Crippen molar-refractivity contribution in [3.8, 4) is 0 Å². The third-order valence-corrected chi connectivity index (χ3v) is 6.83. The molecule has 2 aromatic carbocycles. The van der Waals surface area contributed by atoms with Crippen LogP contribution in [0, 0.1) is 15.9 Å². The molecule has 1 aliphatic heterocycles. The minimum Gasteiger partial charge on any atom is -0.379 e. The molecule has 1 atom stereocenters. The van der Waals surface area contributed by atoms with Gasteiger partial charge >= 0.3 is 0 Å². The molecule has 0 saturated carbocycles. The number of halogens is 2. The zero-order valence-corrected chi connectivity index (χ0v) is 17.0. The van der Waals surface area contributed by atoms with Crippen LogP contribution in [0.1, 0.15) is 18.5 Å². The molecule has 29 heavy (non-hydrogen) atoms. The summed E-state index contributed by atoms with van der Waals surface area (Å²) in [5, 5.41) is 14.4. The fourth-order valence-corrected chi connectivity index (χ4v) is 4.96. The molecule has 8 nitrogen and oxygen atoms in total. The molecule has 1 heterocycles. The van der Waals surface area contributed by atoms with E-state index in [1.807, 2.05) is 0 Å². The maximum atomic E-state index is 13.3. The highest BCUT2D eigenvalue weighted by Crippen LogP contribution is 2.33. The van der Waals surface area contributed by atoms with Gasteiger partial charge in [-0.25, -0.2) is 12.8 Å². The molecule has 1 aliphatic rings. The number of nitrogens with one attached hydrogen (secondary N) is 1. The summed E-state index contributed by atoms with van der Waals surface area (Å²) in [6.45, 7) is 2.54. The average Bonchev–Trinajstić information content (AvgIpc) is 2.68. The quantitative estimate of drug-likeness (QED) is 0.540. The Hall–Kier alpha value is -2.27. The number of benzene rings is 2. The smallest absolute Gasteiger partial charge is 0.270 e. The lowest BCUT2D eigenvalue weighted by Crippen LogP contribution is -2.40. The van der Waals surface area contributed by atoms with Gasteiger partial charge in [-0.05, 0) is 30.7 Å². The number of nitro groups is 1. The van der Waals surface area contributed by atoms with Crippen molar-refractivity contribution in [1.82, 2.24) is 4.31 Å². The second-order valence-electron chi connectivity index (χ2n) is 6.49. The number of anilines is 1. The lowest BCUT2D eigenvalue weighted by Gasteiger charge is -2.27. The Balaban J connectivity index is 2.00. The van der Waals surface area contributed by atoms with Crippen LogP contribution in [0.5, 0.6) is 0 Å². The Labute approximate surface area is 172 Å². The number of non-ortho nitro benzene ring substituents is 1. The van der Waals surface area contributed by atoms with Crippen LogP contribution in [0.2, 0.25) is 5.02 Å². The number of hydrogen-bond donors (Lipinski definition) is 1. The summed E-state index contributed by atoms with van der Waals surface area (Å²) in [5.74, 6) is -0.489. The first kappa shape index (κ1) is 21.4. The van der Waals surface area contributed by atoms with Crippen molar-refractivity contribution >= 4 is 33.0 Å². The molecule has 0 aliphatic carbocycles. The highest BCUT2D eigenvalue weighted by Gasteiger charge is 2.31. The predicted molar refractivity (Wildman–Crippen MR) is 106 cm³/mol. The number of rotatable bonds is 6. The van der Waals surface area contributed by atoms with E-state index < -0.39 is 26.8 Å². The Morgan fingerprint density at radius 2 is 1.93 bits per heavy atom. The number of morpholine rings is 1. The SMILES string of the molecule is CC(Nc1ccc([N+](=O)[O-])cc1S(=O)(=O)N1CCOCC1)c1ccc(F)cc1Cl. The van der Waals surface area contributed by atoms with Crippen LogP contribution in [-0.4, -0.2) is 43.9 Å². The van der Waals surface area contributed by atoms with E-state index >= 15 is 0 Å². The summed E-state index contributed by atoms with van der Waals surface area (Å²) >= 11 is 6.10. The average molecular weight is 444 g/mol. The maximum Gasteiger partial charge on any atom is 0.270 e. The topological polar surface area (TPSA) is 102 Å². The summed E-state index contributed by atoms with van der Waals surface area (Å²) in [6.07, 6.45) is 0. The fourth-order valence-electron chi connectivity index (χ4n) is 3.05. The molecule has 156 valence electrons. The van der Waals surface area contributed by atoms with Gasteiger partial charge in [-0.3, -0.25) is 10.1 Å². The molecule has 11 heteroatoms. The second-order valence-corrected chi connectivity index (χ2v) is 8.80. The second kappa shape index (κ2) is 8.62. The summed E-state index contributed by atoms with van der Waals surface area (Å²) < 4.78 is 46.0. The van der Waals surface area contributed by atoms with Gasteiger partial charge in [-0.2, -0.15) is 4.31 Å². The van der Waals surface area contributed by atoms with Crippen molar-refractivity contribution in [2.75, 3.05) is 31.6 Å². The highest BCUT2D eigenvalue weighted by molar-refractivity contribution is 7.89. The van der Waals surface area contributed by atoms with Crippen molar-refractivity contribution in [3.63, 3.8) is 0 Å². The van der Waals surface area contributed by atoms with Gasteiger partial charge in [-0.15, -0.1) is 0 Å². The Bertz CT molecular complexity index is 1030. The van der Waals surface area contributed by atoms with Gasteiger partial charge in [0.05, 0.1) is 29.9 Å². The molecule has 0 bridgehead atoms. The highest BCUT2D eigenvalue weighted by atomic mass is 35.5. The standard InChI is InChI=1S/C18H19ClFN3O5S/c1-12(15-4-2-13(20)10-16(15)19)21-17-5-3-14(23(24)25)11-18(17)29(26,27)22-6-8-28-9-7-22/h2-5,10-12,21H,6-9H2,1H3. The van der Waals surface area contributed by atoms with Crippen molar-refractivity contribution < 1.29 is 22.5 Å². The van der Waals surface area contributed by atoms with E-state index in [9.17, 15) is 22.9 Å². The molecule has 1 saturated heterocycles. The number of sulfonamides is 1. The summed E-state index contributed by atoms with van der Waals surface area (Å²) in [4.78, 5) is 10.3. The van der Waals surface area contributed by atoms with Crippen LogP contribution >= 0.6 is 11.6 Å². The molecule has 1 N–H and O–H groups in total. The maximum absolute atomic E-state index is 13.3. The molecule has 3 rings (SSSR count). The summed E-state index contributed by atoms with van der Waals surface area (Å²) in [6, 6.07) is 7.03. The first-order valence-corrected chi connectivity index (χ1v) is 10.6. The van der Waals surface area contributed by atoms with Crippen molar-refractivity contribution in [2.45, 2.75) is 17.9 Å². The zero-order valence-electron chi connectivity index (χ0n) is 15.5. The van der Waals surface area contributed by atoms with Crippen LogP contribution in [0.3, 0.4) is 0 Å². The molecule has 1 unspecified atom stereocenters. The molecule has 0 aromatic heterocycles. The third kappa shape index (κ3) is 4.67. The molecule has 0 amide bonds. The molecular weight excluding hydrogens is 425 g/mol. The van der Waals surface area contributed by atoms with Crippen molar-refractivity contribution in [1.29, 1.82) is 0 Å². The van der Waals surface area contributed by atoms with Crippen LogP contribution < -0.4 is 5.32 Å². The van der Waals surface area contributed by atoms with Crippen LogP contribution in [0.25, 0.3) is 0 Å². The van der Waals surface area contributed by atoms with Gasteiger partial charge in [0.1, 0.15) is 10.7 Å². The molecular formula is C18H19ClFN3O5S. The minimum atomic E-state index is -4.00. The van der Waals surface area contributed by atoms with Gasteiger partial charge in [-0.1, -0.05) is 17.7 Å². The van der Waals surface area contributed by atoms with E-state index in [1.165, 1.54) is 28.6 Å². The van der Waals surface area contributed by atoms with Crippen LogP contribution in [0.15, 0.2) is 41.3 Å². The van der Waals surface area contributed by atoms with Crippen molar-refractivity contribution in [2.24, 2.45) is 0 Å². The Morgan fingerprint density at radius 1 is 1.24 bits per heavy atom. The lowest BCUT2D eigenvalue weighted by molar-refractivity contribution is -0.385. The van der Waals surface area contributed by atoms with Gasteiger partial charge in [0.2, 0.25) is 10.0 Å². The van der Waals surface area contributed by atoms with Crippen molar-refractivity contribution in [3.05, 3.63) is 62.9 Å². The Morgan fingerprint density at radius 3 is 2.55 bits per heavy atom. The number of ether oxygens (including phenoxy) is 1. The van der Waals surface area contributed by atoms with E-state index in [4.69, 9.17) is 16.3 Å². The number of hydrogen-bond acceptors (Lipinski definition) is 6. The largest absolute Gasteiger partial charge is 0.379 e. The van der Waals surface area contributed by atoms with E-state index in [0.29, 0.717) is 5.56 Å². The van der Waals surface area contributed by atoms with Gasteiger partial charge in [0, 0.05) is 30.2 Å². The van der Waals surface area contributed by atoms with Gasteiger partial charge in [0.15, 0.2) is 0 Å².